The van der Waals surface area contributed by atoms with Crippen LogP contribution in [0, 0.1) is 12.8 Å². The molecule has 156 valence electrons. The van der Waals surface area contributed by atoms with Crippen molar-refractivity contribution in [3.05, 3.63) is 47.5 Å². The van der Waals surface area contributed by atoms with E-state index >= 15 is 0 Å². The molecule has 0 saturated carbocycles. The first-order valence-electron chi connectivity index (χ1n) is 10.8. The lowest BCUT2D eigenvalue weighted by molar-refractivity contribution is -0.127. The average molecular weight is 397 g/mol. The zero-order chi connectivity index (χ0) is 20.1. The summed E-state index contributed by atoms with van der Waals surface area (Å²) in [7, 11) is 0. The normalized spacial score (nSPS) is 21.9. The Kier molecular flexibility index (Phi) is 6.56. The lowest BCUT2D eigenvalue weighted by Crippen LogP contribution is -2.50. The molecule has 29 heavy (non-hydrogen) atoms. The quantitative estimate of drug-likeness (QED) is 0.782. The van der Waals surface area contributed by atoms with Gasteiger partial charge < -0.3 is 5.32 Å². The highest BCUT2D eigenvalue weighted by atomic mass is 16.1. The summed E-state index contributed by atoms with van der Waals surface area (Å²) < 4.78 is 0. The van der Waals surface area contributed by atoms with E-state index in [1.165, 1.54) is 18.4 Å². The largest absolute Gasteiger partial charge is 0.350 e. The number of carbonyl (C=O) groups is 1. The first kappa shape index (κ1) is 20.0. The van der Waals surface area contributed by atoms with Gasteiger partial charge in [0.05, 0.1) is 18.2 Å². The Morgan fingerprint density at radius 2 is 2.14 bits per heavy atom. The topological polar surface area (TPSA) is 77.2 Å². The van der Waals surface area contributed by atoms with Crippen molar-refractivity contribution >= 4 is 5.91 Å². The molecule has 0 unspecified atom stereocenters. The van der Waals surface area contributed by atoms with Crippen LogP contribution in [0.3, 0.4) is 0 Å². The predicted molar refractivity (Wildman–Crippen MR) is 112 cm³/mol. The van der Waals surface area contributed by atoms with Gasteiger partial charge in [-0.2, -0.15) is 5.10 Å². The van der Waals surface area contributed by atoms with Crippen molar-refractivity contribution in [2.24, 2.45) is 5.92 Å². The van der Waals surface area contributed by atoms with Crippen LogP contribution in [0.25, 0.3) is 0 Å². The molecule has 2 fully saturated rings. The predicted octanol–water partition coefficient (Wildman–Crippen LogP) is 2.11. The third-order valence-corrected chi connectivity index (χ3v) is 6.23. The smallest absolute Gasteiger partial charge is 0.224 e. The molecule has 0 bridgehead atoms. The second-order valence-electron chi connectivity index (χ2n) is 8.46. The molecule has 7 nitrogen and oxygen atoms in total. The summed E-state index contributed by atoms with van der Waals surface area (Å²) in [5, 5.41) is 10.2. The molecule has 2 aliphatic rings. The van der Waals surface area contributed by atoms with Crippen molar-refractivity contribution in [2.45, 2.75) is 51.7 Å². The highest BCUT2D eigenvalue weighted by Gasteiger charge is 2.31. The summed E-state index contributed by atoms with van der Waals surface area (Å²) in [6.07, 6.45) is 8.25. The van der Waals surface area contributed by atoms with Gasteiger partial charge in [0.15, 0.2) is 0 Å². The highest BCUT2D eigenvalue weighted by Crippen LogP contribution is 2.24. The fraction of sp³-hybridized carbons (Fsp3) is 0.591. The van der Waals surface area contributed by atoms with E-state index in [9.17, 15) is 4.79 Å². The molecule has 2 saturated heterocycles. The van der Waals surface area contributed by atoms with E-state index in [1.54, 1.807) is 0 Å². The number of hydrogen-bond acceptors (Lipinski definition) is 5. The SMILES string of the molecule is Cc1cc(CNC(=O)[C@H]2CCCN(C3CCN(Cc4cccnc4)CC3)C2)n[nH]1. The summed E-state index contributed by atoms with van der Waals surface area (Å²) in [4.78, 5) is 22.0. The number of nitrogens with one attached hydrogen (secondary N) is 2. The molecule has 7 heteroatoms. The molecule has 1 amide bonds. The van der Waals surface area contributed by atoms with Gasteiger partial charge in [-0.05, 0) is 69.9 Å². The maximum atomic E-state index is 12.7. The van der Waals surface area contributed by atoms with Gasteiger partial charge in [0.2, 0.25) is 5.91 Å². The van der Waals surface area contributed by atoms with Gasteiger partial charge in [0.1, 0.15) is 0 Å². The van der Waals surface area contributed by atoms with Crippen LogP contribution in [-0.4, -0.2) is 63.1 Å². The van der Waals surface area contributed by atoms with Gasteiger partial charge in [-0.1, -0.05) is 6.07 Å². The van der Waals surface area contributed by atoms with Gasteiger partial charge in [-0.15, -0.1) is 0 Å². The fourth-order valence-electron chi connectivity index (χ4n) is 4.63. The molecule has 0 radical (unpaired) electrons. The monoisotopic (exact) mass is 396 g/mol. The van der Waals surface area contributed by atoms with Gasteiger partial charge >= 0.3 is 0 Å². The zero-order valence-corrected chi connectivity index (χ0v) is 17.3. The second kappa shape index (κ2) is 9.50. The Labute approximate surface area is 172 Å². The number of carbonyl (C=O) groups excluding carboxylic acids is 1. The summed E-state index contributed by atoms with van der Waals surface area (Å²) >= 11 is 0. The number of piperidine rings is 2. The number of aromatic amines is 1. The van der Waals surface area contributed by atoms with Gasteiger partial charge in [-0.3, -0.25) is 24.7 Å². The molecule has 1 atom stereocenters. The summed E-state index contributed by atoms with van der Waals surface area (Å²) in [5.74, 6) is 0.265. The molecule has 0 aliphatic carbocycles. The molecule has 4 rings (SSSR count). The van der Waals surface area contributed by atoms with Crippen LogP contribution in [0.1, 0.15) is 42.6 Å². The first-order chi connectivity index (χ1) is 14.2. The van der Waals surface area contributed by atoms with Crippen LogP contribution < -0.4 is 5.32 Å². The summed E-state index contributed by atoms with van der Waals surface area (Å²) in [6, 6.07) is 6.74. The molecule has 2 aliphatic heterocycles. The number of H-pyrrole nitrogens is 1. The lowest BCUT2D eigenvalue weighted by atomic mass is 9.93. The molecule has 2 N–H and O–H groups in total. The number of likely N-dealkylation sites (tertiary alicyclic amines) is 2. The van der Waals surface area contributed by atoms with Crippen LogP contribution >= 0.6 is 0 Å². The Hall–Kier alpha value is -2.25. The maximum absolute atomic E-state index is 12.7. The number of hydrogen-bond donors (Lipinski definition) is 2. The van der Waals surface area contributed by atoms with Crippen molar-refractivity contribution in [1.82, 2.24) is 30.3 Å². The van der Waals surface area contributed by atoms with Crippen molar-refractivity contribution in [3.63, 3.8) is 0 Å². The van der Waals surface area contributed by atoms with Crippen molar-refractivity contribution in [1.29, 1.82) is 0 Å². The Bertz CT molecular complexity index is 784. The minimum Gasteiger partial charge on any atom is -0.350 e. The van der Waals surface area contributed by atoms with E-state index in [0.29, 0.717) is 12.6 Å². The van der Waals surface area contributed by atoms with Crippen LogP contribution in [0.2, 0.25) is 0 Å². The third-order valence-electron chi connectivity index (χ3n) is 6.23. The molecule has 0 aromatic carbocycles. The maximum Gasteiger partial charge on any atom is 0.224 e. The number of aryl methyl sites for hydroxylation is 1. The molecule has 2 aromatic rings. The fourth-order valence-corrected chi connectivity index (χ4v) is 4.63. The number of amides is 1. The Morgan fingerprint density at radius 1 is 1.28 bits per heavy atom. The van der Waals surface area contributed by atoms with Gasteiger partial charge in [0, 0.05) is 37.2 Å². The van der Waals surface area contributed by atoms with Crippen LogP contribution in [0.15, 0.2) is 30.6 Å². The molecule has 4 heterocycles. The van der Waals surface area contributed by atoms with E-state index in [4.69, 9.17) is 0 Å². The molecule has 0 spiro atoms. The minimum absolute atomic E-state index is 0.0946. The number of aromatic nitrogens is 3. The van der Waals surface area contributed by atoms with Crippen LogP contribution in [0.5, 0.6) is 0 Å². The lowest BCUT2D eigenvalue weighted by Gasteiger charge is -2.42. The van der Waals surface area contributed by atoms with E-state index in [-0.39, 0.29) is 11.8 Å². The zero-order valence-electron chi connectivity index (χ0n) is 17.3. The molecular weight excluding hydrogens is 364 g/mol. The van der Waals surface area contributed by atoms with E-state index < -0.39 is 0 Å². The van der Waals surface area contributed by atoms with Crippen LogP contribution in [0.4, 0.5) is 0 Å². The summed E-state index contributed by atoms with van der Waals surface area (Å²) in [5.41, 5.74) is 3.20. The Morgan fingerprint density at radius 3 is 2.86 bits per heavy atom. The van der Waals surface area contributed by atoms with Crippen molar-refractivity contribution < 1.29 is 4.79 Å². The number of rotatable bonds is 6. The molecular formula is C22H32N6O. The van der Waals surface area contributed by atoms with E-state index in [2.05, 4.69) is 36.4 Å². The second-order valence-corrected chi connectivity index (χ2v) is 8.46. The van der Waals surface area contributed by atoms with Gasteiger partial charge in [0.25, 0.3) is 0 Å². The van der Waals surface area contributed by atoms with E-state index in [0.717, 1.165) is 57.0 Å². The third kappa shape index (κ3) is 5.42. The van der Waals surface area contributed by atoms with Crippen LogP contribution in [-0.2, 0) is 17.9 Å². The first-order valence-corrected chi connectivity index (χ1v) is 10.8. The minimum atomic E-state index is 0.0946. The van der Waals surface area contributed by atoms with E-state index in [1.807, 2.05) is 31.5 Å². The highest BCUT2D eigenvalue weighted by molar-refractivity contribution is 5.78. The number of nitrogens with zero attached hydrogens (tertiary/aromatic N) is 4. The Balaban J connectivity index is 1.23. The van der Waals surface area contributed by atoms with Crippen molar-refractivity contribution in [2.75, 3.05) is 26.2 Å². The standard InChI is InChI=1S/C22H32N6O/c1-17-12-20(26-25-17)14-24-22(29)19-5-3-9-28(16-19)21-6-10-27(11-7-21)15-18-4-2-8-23-13-18/h2,4,8,12-13,19,21H,3,5-7,9-11,14-16H2,1H3,(H,24,29)(H,25,26)/t19-/m0/s1. The van der Waals surface area contributed by atoms with Gasteiger partial charge in [-0.25, -0.2) is 0 Å². The van der Waals surface area contributed by atoms with Crippen molar-refractivity contribution in [3.8, 4) is 0 Å². The number of pyridine rings is 1. The summed E-state index contributed by atoms with van der Waals surface area (Å²) in [6.45, 7) is 7.70. The molecule has 2 aromatic heterocycles. The average Bonchev–Trinajstić information content (AvgIpc) is 3.18.